The molecule has 4 heterocycles. The lowest BCUT2D eigenvalue weighted by molar-refractivity contribution is 0.191. The van der Waals surface area contributed by atoms with E-state index in [1.54, 1.807) is 0 Å². The van der Waals surface area contributed by atoms with Gasteiger partial charge in [0.1, 0.15) is 48.6 Å². The second kappa shape index (κ2) is 10.2. The zero-order valence-electron chi connectivity index (χ0n) is 27.4. The topological polar surface area (TPSA) is 86.4 Å². The molecule has 8 nitrogen and oxygen atoms in total. The van der Waals surface area contributed by atoms with Gasteiger partial charge >= 0.3 is 0 Å². The van der Waals surface area contributed by atoms with E-state index in [1.165, 1.54) is 55.6 Å². The van der Waals surface area contributed by atoms with Gasteiger partial charge in [-0.15, -0.1) is 0 Å². The highest BCUT2D eigenvalue weighted by molar-refractivity contribution is 6.00. The van der Waals surface area contributed by atoms with E-state index in [-0.39, 0.29) is 48.6 Å². The summed E-state index contributed by atoms with van der Waals surface area (Å²) in [6.45, 7) is 0. The maximum Gasteiger partial charge on any atom is 0.193 e. The van der Waals surface area contributed by atoms with E-state index >= 15 is 0 Å². The molecule has 0 radical (unpaired) electrons. The summed E-state index contributed by atoms with van der Waals surface area (Å²) in [7, 11) is 0. The molecule has 8 heteroatoms. The summed E-state index contributed by atoms with van der Waals surface area (Å²) in [5.74, 6) is 2.98. The molecule has 4 aromatic carbocycles. The third kappa shape index (κ3) is 3.99. The number of aliphatic imine (C=N–C) groups is 4. The summed E-state index contributed by atoms with van der Waals surface area (Å²) >= 11 is 0. The summed E-state index contributed by atoms with van der Waals surface area (Å²) in [5.41, 5.74) is 13.0. The van der Waals surface area contributed by atoms with Crippen molar-refractivity contribution >= 4 is 23.6 Å². The van der Waals surface area contributed by atoms with Crippen LogP contribution >= 0.6 is 0 Å². The Kier molecular flexibility index (Phi) is 5.60. The van der Waals surface area contributed by atoms with Crippen molar-refractivity contribution in [2.45, 2.75) is 87.1 Å². The third-order valence-corrected chi connectivity index (χ3v) is 12.0. The number of rotatable bonds is 5. The van der Waals surface area contributed by atoms with Gasteiger partial charge in [0.15, 0.2) is 23.6 Å². The zero-order chi connectivity index (χ0) is 32.5. The van der Waals surface area contributed by atoms with Gasteiger partial charge in [0.05, 0.1) is 12.8 Å². The van der Waals surface area contributed by atoms with Gasteiger partial charge in [0, 0.05) is 25.7 Å². The Morgan fingerprint density at radius 2 is 0.760 bits per heavy atom. The maximum atomic E-state index is 6.50. The summed E-state index contributed by atoms with van der Waals surface area (Å²) in [5, 5.41) is 0. The van der Waals surface area contributed by atoms with Crippen LogP contribution in [-0.4, -0.2) is 48.0 Å². The molecule has 246 valence electrons. The van der Waals surface area contributed by atoms with Gasteiger partial charge in [-0.3, -0.25) is 0 Å². The highest BCUT2D eigenvalue weighted by atomic mass is 16.5. The van der Waals surface area contributed by atoms with Crippen molar-refractivity contribution in [2.75, 3.05) is 0 Å². The molecule has 12 rings (SSSR count). The zero-order valence-corrected chi connectivity index (χ0v) is 27.4. The molecule has 4 aromatic rings. The first kappa shape index (κ1) is 27.6. The molecule has 4 aliphatic heterocycles. The summed E-state index contributed by atoms with van der Waals surface area (Å²) in [6.07, 6.45) is 4.72. The molecule has 50 heavy (non-hydrogen) atoms. The fourth-order valence-corrected chi connectivity index (χ4v) is 9.91. The lowest BCUT2D eigenvalue weighted by atomic mass is 9.91. The van der Waals surface area contributed by atoms with Crippen molar-refractivity contribution in [3.63, 3.8) is 0 Å². The SMILES string of the molecule is c1ccc2c(c1)C[C@@H]1OC(CC3=N[C@@H]4c5cccc(-c6cccc7c6C[C@H]6OC(CC8=N[C@H]9c%10ccccc%10C[C@H]9O8)=N[C@@H]76)c5C[C@@H]4O3)=N[C@H]21. The Balaban J connectivity index is 0.780. The Labute approximate surface area is 289 Å². The maximum absolute atomic E-state index is 6.50. The van der Waals surface area contributed by atoms with Crippen LogP contribution in [0.2, 0.25) is 0 Å². The molecule has 0 bridgehead atoms. The average Bonchev–Trinajstić information content (AvgIpc) is 3.98. The first-order valence-electron chi connectivity index (χ1n) is 18.0. The molecule has 0 fully saturated rings. The molecular formula is C42H34N4O4. The van der Waals surface area contributed by atoms with E-state index in [0.717, 1.165) is 49.3 Å². The lowest BCUT2D eigenvalue weighted by Gasteiger charge is -2.15. The number of ether oxygens (including phenoxy) is 4. The van der Waals surface area contributed by atoms with Crippen LogP contribution in [-0.2, 0) is 44.6 Å². The van der Waals surface area contributed by atoms with E-state index in [9.17, 15) is 0 Å². The van der Waals surface area contributed by atoms with E-state index in [1.807, 2.05) is 0 Å². The molecule has 8 atom stereocenters. The van der Waals surface area contributed by atoms with Crippen LogP contribution < -0.4 is 0 Å². The minimum Gasteiger partial charge on any atom is -0.474 e. The van der Waals surface area contributed by atoms with Gasteiger partial charge in [0.2, 0.25) is 0 Å². The molecular weight excluding hydrogens is 624 g/mol. The number of benzene rings is 4. The van der Waals surface area contributed by atoms with E-state index in [2.05, 4.69) is 84.9 Å². The predicted octanol–water partition coefficient (Wildman–Crippen LogP) is 7.11. The third-order valence-electron chi connectivity index (χ3n) is 12.0. The van der Waals surface area contributed by atoms with Gasteiger partial charge in [-0.1, -0.05) is 84.9 Å². The van der Waals surface area contributed by atoms with E-state index in [4.69, 9.17) is 38.9 Å². The first-order valence-corrected chi connectivity index (χ1v) is 18.0. The summed E-state index contributed by atoms with van der Waals surface area (Å²) in [6, 6.07) is 30.6. The molecule has 0 saturated carbocycles. The first-order chi connectivity index (χ1) is 24.7. The van der Waals surface area contributed by atoms with Crippen LogP contribution in [0.4, 0.5) is 0 Å². The minimum absolute atomic E-state index is 0.00236. The minimum atomic E-state index is 0.00236. The van der Waals surface area contributed by atoms with Gasteiger partial charge in [0.25, 0.3) is 0 Å². The molecule has 0 N–H and O–H groups in total. The molecule has 8 aliphatic rings. The van der Waals surface area contributed by atoms with Crippen molar-refractivity contribution in [1.29, 1.82) is 0 Å². The van der Waals surface area contributed by atoms with Crippen molar-refractivity contribution in [1.82, 2.24) is 0 Å². The largest absolute Gasteiger partial charge is 0.474 e. The normalized spacial score (nSPS) is 31.0. The van der Waals surface area contributed by atoms with Crippen molar-refractivity contribution in [2.24, 2.45) is 20.0 Å². The Morgan fingerprint density at radius 3 is 1.20 bits per heavy atom. The summed E-state index contributed by atoms with van der Waals surface area (Å²) in [4.78, 5) is 20.1. The molecule has 0 amide bonds. The van der Waals surface area contributed by atoms with Crippen LogP contribution in [0, 0.1) is 0 Å². The number of hydrogen-bond donors (Lipinski definition) is 0. The summed E-state index contributed by atoms with van der Waals surface area (Å²) < 4.78 is 25.6. The number of fused-ring (bicyclic) bond motifs is 12. The highest BCUT2D eigenvalue weighted by Crippen LogP contribution is 2.49. The highest BCUT2D eigenvalue weighted by Gasteiger charge is 2.46. The van der Waals surface area contributed by atoms with Crippen molar-refractivity contribution in [3.05, 3.63) is 129 Å². The Hall–Kier alpha value is -5.24. The van der Waals surface area contributed by atoms with Gasteiger partial charge in [-0.05, 0) is 55.6 Å². The van der Waals surface area contributed by atoms with Crippen LogP contribution in [0.5, 0.6) is 0 Å². The van der Waals surface area contributed by atoms with Gasteiger partial charge in [-0.2, -0.15) is 0 Å². The Morgan fingerprint density at radius 1 is 0.400 bits per heavy atom. The fraction of sp³-hybridized carbons (Fsp3) is 0.333. The van der Waals surface area contributed by atoms with Crippen LogP contribution in [0.3, 0.4) is 0 Å². The second-order valence-corrected chi connectivity index (χ2v) is 14.8. The van der Waals surface area contributed by atoms with Crippen molar-refractivity contribution < 1.29 is 18.9 Å². The monoisotopic (exact) mass is 658 g/mol. The van der Waals surface area contributed by atoms with Gasteiger partial charge < -0.3 is 18.9 Å². The molecule has 0 saturated heterocycles. The molecule has 0 unspecified atom stereocenters. The molecule has 4 aliphatic carbocycles. The smallest absolute Gasteiger partial charge is 0.193 e. The van der Waals surface area contributed by atoms with Crippen LogP contribution in [0.25, 0.3) is 11.1 Å². The Bertz CT molecular complexity index is 2110. The quantitative estimate of drug-likeness (QED) is 0.229. The number of nitrogens with zero attached hydrogens (tertiary/aromatic N) is 4. The standard InChI is InChI=1S/C42H34N4O4/c1-3-9-23-21(7-1)15-31-39(23)43-35(47-31)19-37-45-41-27-13-5-11-25(29(27)17-33(41)49-37)26-12-6-14-28-30(26)18-34-42(28)46-38(50-34)20-36-44-40-24-10-4-2-8-22(24)16-32(40)48-36/h1-14,31-34,39-42H,15-20H2/t31-,32+,33-,34+,39+,40-,41+,42-. The van der Waals surface area contributed by atoms with Crippen LogP contribution in [0.15, 0.2) is 105 Å². The molecule has 0 aromatic heterocycles. The lowest BCUT2D eigenvalue weighted by Crippen LogP contribution is -2.18. The van der Waals surface area contributed by atoms with Gasteiger partial charge in [-0.25, -0.2) is 20.0 Å². The van der Waals surface area contributed by atoms with E-state index in [0.29, 0.717) is 12.8 Å². The fourth-order valence-electron chi connectivity index (χ4n) is 9.91. The van der Waals surface area contributed by atoms with Crippen LogP contribution in [0.1, 0.15) is 81.5 Å². The second-order valence-electron chi connectivity index (χ2n) is 14.8. The number of hydrogen-bond acceptors (Lipinski definition) is 8. The predicted molar refractivity (Wildman–Crippen MR) is 189 cm³/mol. The van der Waals surface area contributed by atoms with Crippen molar-refractivity contribution in [3.8, 4) is 11.1 Å². The van der Waals surface area contributed by atoms with E-state index < -0.39 is 0 Å². The molecule has 0 spiro atoms. The average molecular weight is 659 g/mol.